The molecule has 9 nitrogen and oxygen atoms in total. The Morgan fingerprint density at radius 3 is 2.38 bits per heavy atom. The number of halogens is 1. The van der Waals surface area contributed by atoms with Gasteiger partial charge in [-0.15, -0.1) is 0 Å². The molecule has 0 aliphatic heterocycles. The predicted molar refractivity (Wildman–Crippen MR) is 134 cm³/mol. The Morgan fingerprint density at radius 1 is 1.03 bits per heavy atom. The largest absolute Gasteiger partial charge is 0.480 e. The summed E-state index contributed by atoms with van der Waals surface area (Å²) in [6.07, 6.45) is 1.20. The van der Waals surface area contributed by atoms with Crippen molar-refractivity contribution in [2.24, 2.45) is 5.92 Å². The molecule has 0 aliphatic rings. The Hall–Kier alpha value is -4.47. The molecule has 0 unspecified atom stereocenters. The van der Waals surface area contributed by atoms with Gasteiger partial charge < -0.3 is 24.6 Å². The van der Waals surface area contributed by atoms with Crippen molar-refractivity contribution >= 4 is 39.7 Å². The molecule has 2 aromatic carbocycles. The van der Waals surface area contributed by atoms with E-state index in [-0.39, 0.29) is 29.3 Å². The fourth-order valence-corrected chi connectivity index (χ4v) is 4.11. The van der Waals surface area contributed by atoms with E-state index in [0.29, 0.717) is 16.5 Å². The molecule has 192 valence electrons. The van der Waals surface area contributed by atoms with Crippen molar-refractivity contribution in [1.82, 2.24) is 10.6 Å². The number of carboxylic acid groups (broad SMARTS) is 1. The third-order valence-corrected chi connectivity index (χ3v) is 6.17. The summed E-state index contributed by atoms with van der Waals surface area (Å²) in [5.74, 6) is -3.13. The highest BCUT2D eigenvalue weighted by Crippen LogP contribution is 2.34. The summed E-state index contributed by atoms with van der Waals surface area (Å²) in [7, 11) is 0. The fraction of sp³-hybridized carbons (Fsp3) is 0.259. The number of hydrogen-bond donors (Lipinski definition) is 3. The van der Waals surface area contributed by atoms with Crippen LogP contribution in [-0.2, 0) is 20.8 Å². The highest BCUT2D eigenvalue weighted by atomic mass is 19.1. The van der Waals surface area contributed by atoms with Crippen LogP contribution in [0.3, 0.4) is 0 Å². The molecule has 2 amide bonds. The minimum Gasteiger partial charge on any atom is -0.480 e. The van der Waals surface area contributed by atoms with Gasteiger partial charge in [0.15, 0.2) is 0 Å². The fourth-order valence-electron chi connectivity index (χ4n) is 4.11. The molecule has 0 bridgehead atoms. The Bertz CT molecular complexity index is 1570. The second-order valence-corrected chi connectivity index (χ2v) is 9.07. The zero-order valence-corrected chi connectivity index (χ0v) is 20.4. The number of benzene rings is 2. The van der Waals surface area contributed by atoms with E-state index in [9.17, 15) is 28.7 Å². The maximum atomic E-state index is 13.4. The zero-order chi connectivity index (χ0) is 26.9. The monoisotopic (exact) mass is 508 g/mol. The molecule has 10 heteroatoms. The van der Waals surface area contributed by atoms with Crippen LogP contribution < -0.4 is 16.3 Å². The number of carbonyl (C=O) groups is 3. The van der Waals surface area contributed by atoms with E-state index in [2.05, 4.69) is 10.6 Å². The number of carboxylic acids is 1. The zero-order valence-electron chi connectivity index (χ0n) is 20.4. The summed E-state index contributed by atoms with van der Waals surface area (Å²) in [4.78, 5) is 48.5. The Kier molecular flexibility index (Phi) is 7.10. The smallest absolute Gasteiger partial charge is 0.340 e. The average Bonchev–Trinajstić information content (AvgIpc) is 3.25. The first-order chi connectivity index (χ1) is 17.5. The van der Waals surface area contributed by atoms with Gasteiger partial charge in [0.25, 0.3) is 0 Å². The van der Waals surface area contributed by atoms with Crippen LogP contribution in [0, 0.1) is 18.7 Å². The molecular weight excluding hydrogens is 483 g/mol. The molecular formula is C27H25FN2O7. The average molecular weight is 509 g/mol. The summed E-state index contributed by atoms with van der Waals surface area (Å²) in [6, 6.07) is 8.26. The Balaban J connectivity index is 1.57. The van der Waals surface area contributed by atoms with Crippen LogP contribution in [0.15, 0.2) is 56.3 Å². The number of carbonyl (C=O) groups excluding carboxylic acids is 2. The van der Waals surface area contributed by atoms with Crippen LogP contribution in [0.25, 0.3) is 33.1 Å². The second-order valence-electron chi connectivity index (χ2n) is 9.07. The highest BCUT2D eigenvalue weighted by molar-refractivity contribution is 6.02. The summed E-state index contributed by atoms with van der Waals surface area (Å²) in [5, 5.41) is 15.3. The molecule has 0 aliphatic carbocycles. The predicted octanol–water partition coefficient (Wildman–Crippen LogP) is 3.54. The van der Waals surface area contributed by atoms with Gasteiger partial charge in [-0.3, -0.25) is 9.59 Å². The number of hydrogen-bond acceptors (Lipinski definition) is 6. The van der Waals surface area contributed by atoms with Crippen LogP contribution in [0.5, 0.6) is 0 Å². The maximum Gasteiger partial charge on any atom is 0.340 e. The lowest BCUT2D eigenvalue weighted by Gasteiger charge is -2.18. The number of fused-ring (bicyclic) bond motifs is 2. The molecule has 0 saturated heterocycles. The molecule has 0 fully saturated rings. The third-order valence-electron chi connectivity index (χ3n) is 6.17. The molecule has 4 aromatic rings. The van der Waals surface area contributed by atoms with Crippen LogP contribution >= 0.6 is 0 Å². The number of amides is 2. The summed E-state index contributed by atoms with van der Waals surface area (Å²) in [6.45, 7) is 4.56. The third kappa shape index (κ3) is 5.37. The lowest BCUT2D eigenvalue weighted by Crippen LogP contribution is -2.48. The standard InChI is InChI=1S/C27H25FN2O7/c1-13(2)25(26(33)34)30-24(32)11-29-23(31)9-18-14(3)17-8-19-20(15-4-6-16(28)7-5-15)12-36-21(19)10-22(17)37-27(18)35/h4-8,10,12-13,25H,9,11H2,1-3H3,(H,29,31)(H,30,32)(H,33,34)/t25-/m0/s1. The van der Waals surface area contributed by atoms with E-state index in [0.717, 1.165) is 16.5 Å². The van der Waals surface area contributed by atoms with Gasteiger partial charge in [-0.05, 0) is 42.2 Å². The van der Waals surface area contributed by atoms with Gasteiger partial charge in [0.2, 0.25) is 11.8 Å². The number of aryl methyl sites for hydroxylation is 1. The first-order valence-electron chi connectivity index (χ1n) is 11.6. The van der Waals surface area contributed by atoms with Crippen LogP contribution in [0.1, 0.15) is 25.0 Å². The molecule has 0 saturated carbocycles. The van der Waals surface area contributed by atoms with E-state index in [1.165, 1.54) is 18.4 Å². The van der Waals surface area contributed by atoms with Crippen LogP contribution in [-0.4, -0.2) is 35.5 Å². The molecule has 2 heterocycles. The van der Waals surface area contributed by atoms with Crippen LogP contribution in [0.4, 0.5) is 4.39 Å². The van der Waals surface area contributed by atoms with Crippen LogP contribution in [0.2, 0.25) is 0 Å². The van der Waals surface area contributed by atoms with Gasteiger partial charge in [0.05, 0.1) is 24.8 Å². The molecule has 3 N–H and O–H groups in total. The number of furan rings is 1. The number of aliphatic carboxylic acids is 1. The normalized spacial score (nSPS) is 12.1. The van der Waals surface area contributed by atoms with Crippen molar-refractivity contribution in [2.45, 2.75) is 33.2 Å². The van der Waals surface area contributed by atoms with Gasteiger partial charge in [0, 0.05) is 22.4 Å². The minimum absolute atomic E-state index is 0.127. The van der Waals surface area contributed by atoms with E-state index in [4.69, 9.17) is 8.83 Å². The summed E-state index contributed by atoms with van der Waals surface area (Å²) >= 11 is 0. The molecule has 4 rings (SSSR count). The van der Waals surface area contributed by atoms with Crippen molar-refractivity contribution in [2.75, 3.05) is 6.54 Å². The van der Waals surface area contributed by atoms with E-state index in [1.807, 2.05) is 0 Å². The topological polar surface area (TPSA) is 139 Å². The minimum atomic E-state index is -1.17. The van der Waals surface area contributed by atoms with Gasteiger partial charge in [-0.25, -0.2) is 14.0 Å². The van der Waals surface area contributed by atoms with Gasteiger partial charge in [-0.1, -0.05) is 26.0 Å². The lowest BCUT2D eigenvalue weighted by molar-refractivity contribution is -0.143. The van der Waals surface area contributed by atoms with E-state index >= 15 is 0 Å². The van der Waals surface area contributed by atoms with Crippen molar-refractivity contribution in [3.05, 3.63) is 70.0 Å². The van der Waals surface area contributed by atoms with Crippen molar-refractivity contribution in [1.29, 1.82) is 0 Å². The second kappa shape index (κ2) is 10.3. The number of nitrogens with one attached hydrogen (secondary N) is 2. The Labute approximate surface area is 210 Å². The van der Waals surface area contributed by atoms with Gasteiger partial charge in [-0.2, -0.15) is 0 Å². The van der Waals surface area contributed by atoms with E-state index in [1.54, 1.807) is 45.0 Å². The lowest BCUT2D eigenvalue weighted by atomic mass is 9.99. The summed E-state index contributed by atoms with van der Waals surface area (Å²) < 4.78 is 24.5. The Morgan fingerprint density at radius 2 is 1.73 bits per heavy atom. The molecule has 0 radical (unpaired) electrons. The van der Waals surface area contributed by atoms with Crippen molar-refractivity contribution in [3.8, 4) is 11.1 Å². The summed E-state index contributed by atoms with van der Waals surface area (Å²) in [5.41, 5.74) is 2.20. The van der Waals surface area contributed by atoms with Crippen molar-refractivity contribution in [3.63, 3.8) is 0 Å². The highest BCUT2D eigenvalue weighted by Gasteiger charge is 2.24. The SMILES string of the molecule is Cc1c(CC(=O)NCC(=O)N[C@H](C(=O)O)C(C)C)c(=O)oc2cc3occ(-c4ccc(F)cc4)c3cc12. The van der Waals surface area contributed by atoms with E-state index < -0.39 is 36.0 Å². The first kappa shape index (κ1) is 25.6. The molecule has 0 spiro atoms. The van der Waals surface area contributed by atoms with Crippen molar-refractivity contribution < 1.29 is 32.7 Å². The molecule has 1 atom stereocenters. The molecule has 37 heavy (non-hydrogen) atoms. The number of rotatable bonds is 8. The quantitative estimate of drug-likeness (QED) is 0.310. The van der Waals surface area contributed by atoms with Gasteiger partial charge in [0.1, 0.15) is 23.0 Å². The molecule has 2 aromatic heterocycles. The van der Waals surface area contributed by atoms with Gasteiger partial charge >= 0.3 is 11.6 Å². The first-order valence-corrected chi connectivity index (χ1v) is 11.6. The maximum absolute atomic E-state index is 13.4.